The summed E-state index contributed by atoms with van der Waals surface area (Å²) in [5, 5.41) is 0. The lowest BCUT2D eigenvalue weighted by Crippen LogP contribution is -2.21. The van der Waals surface area contributed by atoms with Gasteiger partial charge >= 0.3 is 6.11 Å². The minimum atomic E-state index is -3.59. The second-order valence-corrected chi connectivity index (χ2v) is 5.75. The molecule has 0 atom stereocenters. The molecule has 0 saturated heterocycles. The van der Waals surface area contributed by atoms with Crippen molar-refractivity contribution in [3.63, 3.8) is 0 Å². The SMILES string of the molecule is CCCc1ccc(CC/C=C/C(F)(F)Oc2ccc(F)c(F)c2)cc1. The summed E-state index contributed by atoms with van der Waals surface area (Å²) in [6.45, 7) is 2.11. The van der Waals surface area contributed by atoms with Gasteiger partial charge < -0.3 is 4.74 Å². The zero-order valence-corrected chi connectivity index (χ0v) is 13.9. The molecule has 2 rings (SSSR count). The molecule has 1 nitrogen and oxygen atoms in total. The third-order valence-electron chi connectivity index (χ3n) is 3.62. The molecule has 0 unspecified atom stereocenters. The van der Waals surface area contributed by atoms with Crippen molar-refractivity contribution in [3.05, 3.63) is 77.4 Å². The molecule has 0 saturated carbocycles. The maximum absolute atomic E-state index is 13.7. The molecule has 0 fully saturated rings. The number of allylic oxidation sites excluding steroid dienone is 1. The maximum Gasteiger partial charge on any atom is 0.419 e. The summed E-state index contributed by atoms with van der Waals surface area (Å²) in [5.74, 6) is -2.78. The van der Waals surface area contributed by atoms with E-state index in [0.29, 0.717) is 25.0 Å². The van der Waals surface area contributed by atoms with Crippen LogP contribution in [0.15, 0.2) is 54.6 Å². The van der Waals surface area contributed by atoms with Crippen LogP contribution in [0.25, 0.3) is 0 Å². The van der Waals surface area contributed by atoms with Crippen LogP contribution < -0.4 is 4.74 Å². The first-order chi connectivity index (χ1) is 11.9. The van der Waals surface area contributed by atoms with E-state index >= 15 is 0 Å². The summed E-state index contributed by atoms with van der Waals surface area (Å²) in [5.41, 5.74) is 2.32. The molecule has 0 aliphatic heterocycles. The van der Waals surface area contributed by atoms with Crippen molar-refractivity contribution >= 4 is 0 Å². The molecule has 0 aliphatic carbocycles. The molecule has 0 heterocycles. The highest BCUT2D eigenvalue weighted by Crippen LogP contribution is 2.24. The Balaban J connectivity index is 1.85. The van der Waals surface area contributed by atoms with E-state index in [1.165, 1.54) is 11.6 Å². The number of alkyl halides is 2. The van der Waals surface area contributed by atoms with Gasteiger partial charge in [-0.3, -0.25) is 0 Å². The van der Waals surface area contributed by atoms with Gasteiger partial charge in [-0.2, -0.15) is 8.78 Å². The van der Waals surface area contributed by atoms with Gasteiger partial charge in [0.15, 0.2) is 11.6 Å². The van der Waals surface area contributed by atoms with Gasteiger partial charge in [0.05, 0.1) is 0 Å². The van der Waals surface area contributed by atoms with E-state index in [1.807, 2.05) is 24.3 Å². The van der Waals surface area contributed by atoms with Crippen LogP contribution in [0.5, 0.6) is 5.75 Å². The normalized spacial score (nSPS) is 11.9. The maximum atomic E-state index is 13.7. The van der Waals surface area contributed by atoms with Crippen LogP contribution in [0.3, 0.4) is 0 Å². The molecule has 0 bridgehead atoms. The standard InChI is InChI=1S/C20H20F4O/c1-2-5-15-7-9-16(10-8-15)6-3-4-13-20(23,24)25-17-11-12-18(21)19(22)14-17/h4,7-14H,2-3,5-6H2,1H3/b13-4+. The van der Waals surface area contributed by atoms with E-state index in [0.717, 1.165) is 30.5 Å². The first kappa shape index (κ1) is 19.0. The number of hydrogen-bond acceptors (Lipinski definition) is 1. The van der Waals surface area contributed by atoms with Gasteiger partial charge in [-0.15, -0.1) is 0 Å². The van der Waals surface area contributed by atoms with Crippen molar-refractivity contribution in [2.75, 3.05) is 0 Å². The predicted molar refractivity (Wildman–Crippen MR) is 89.8 cm³/mol. The van der Waals surface area contributed by atoms with Gasteiger partial charge in [0.25, 0.3) is 0 Å². The Hall–Kier alpha value is -2.30. The van der Waals surface area contributed by atoms with Crippen molar-refractivity contribution in [1.82, 2.24) is 0 Å². The van der Waals surface area contributed by atoms with Gasteiger partial charge in [-0.25, -0.2) is 8.78 Å². The molecule has 25 heavy (non-hydrogen) atoms. The molecule has 0 amide bonds. The number of hydrogen-bond donors (Lipinski definition) is 0. The van der Waals surface area contributed by atoms with Gasteiger partial charge in [0.2, 0.25) is 0 Å². The highest BCUT2D eigenvalue weighted by molar-refractivity contribution is 5.25. The number of benzene rings is 2. The van der Waals surface area contributed by atoms with Crippen molar-refractivity contribution in [3.8, 4) is 5.75 Å². The second-order valence-electron chi connectivity index (χ2n) is 5.75. The zero-order valence-electron chi connectivity index (χ0n) is 13.9. The molecule has 0 spiro atoms. The van der Waals surface area contributed by atoms with Crippen molar-refractivity contribution < 1.29 is 22.3 Å². The first-order valence-corrected chi connectivity index (χ1v) is 8.17. The van der Waals surface area contributed by atoms with Crippen LogP contribution >= 0.6 is 0 Å². The molecule has 134 valence electrons. The zero-order chi connectivity index (χ0) is 18.3. The Morgan fingerprint density at radius 2 is 1.56 bits per heavy atom. The number of aryl methyl sites for hydroxylation is 2. The van der Waals surface area contributed by atoms with E-state index in [9.17, 15) is 17.6 Å². The summed E-state index contributed by atoms with van der Waals surface area (Å²) < 4.78 is 57.6. The minimum absolute atomic E-state index is 0.420. The largest absolute Gasteiger partial charge is 0.429 e. The van der Waals surface area contributed by atoms with Crippen LogP contribution in [-0.2, 0) is 12.8 Å². The average molecular weight is 352 g/mol. The topological polar surface area (TPSA) is 9.23 Å². The first-order valence-electron chi connectivity index (χ1n) is 8.17. The molecule has 0 N–H and O–H groups in total. The highest BCUT2D eigenvalue weighted by atomic mass is 19.3. The molecular formula is C20H20F4O. The molecule has 2 aromatic carbocycles. The molecule has 0 aromatic heterocycles. The fourth-order valence-electron chi connectivity index (χ4n) is 2.36. The van der Waals surface area contributed by atoms with Gasteiger partial charge in [0, 0.05) is 12.1 Å². The summed E-state index contributed by atoms with van der Waals surface area (Å²) >= 11 is 0. The lowest BCUT2D eigenvalue weighted by molar-refractivity contribution is -0.131. The van der Waals surface area contributed by atoms with E-state index in [4.69, 9.17) is 0 Å². The molecule has 0 radical (unpaired) electrons. The van der Waals surface area contributed by atoms with Gasteiger partial charge in [-0.05, 0) is 42.5 Å². The summed E-state index contributed by atoms with van der Waals surface area (Å²) in [4.78, 5) is 0. The van der Waals surface area contributed by atoms with Crippen molar-refractivity contribution in [2.45, 2.75) is 38.7 Å². The summed E-state index contributed by atoms with van der Waals surface area (Å²) in [7, 11) is 0. The second kappa shape index (κ2) is 8.70. The quantitative estimate of drug-likeness (QED) is 0.413. The van der Waals surface area contributed by atoms with E-state index in [-0.39, 0.29) is 0 Å². The Labute approximate surface area is 144 Å². The molecule has 2 aromatic rings. The van der Waals surface area contributed by atoms with Crippen molar-refractivity contribution in [1.29, 1.82) is 0 Å². The Morgan fingerprint density at radius 3 is 2.16 bits per heavy atom. The molecule has 5 heteroatoms. The van der Waals surface area contributed by atoms with Crippen LogP contribution in [0, 0.1) is 11.6 Å². The predicted octanol–water partition coefficient (Wildman–Crippen LogP) is 6.08. The third-order valence-corrected chi connectivity index (χ3v) is 3.62. The molecule has 0 aliphatic rings. The van der Waals surface area contributed by atoms with Crippen LogP contribution in [0.1, 0.15) is 30.9 Å². The van der Waals surface area contributed by atoms with E-state index in [1.54, 1.807) is 0 Å². The number of halogens is 4. The fraction of sp³-hybridized carbons (Fsp3) is 0.300. The lowest BCUT2D eigenvalue weighted by Gasteiger charge is -2.14. The van der Waals surface area contributed by atoms with E-state index in [2.05, 4.69) is 11.7 Å². The lowest BCUT2D eigenvalue weighted by atomic mass is 10.0. The number of ether oxygens (including phenoxy) is 1. The van der Waals surface area contributed by atoms with Crippen LogP contribution in [0.2, 0.25) is 0 Å². The Bertz CT molecular complexity index is 708. The van der Waals surface area contributed by atoms with Gasteiger partial charge in [-0.1, -0.05) is 43.7 Å². The monoisotopic (exact) mass is 352 g/mol. The Morgan fingerprint density at radius 1 is 0.920 bits per heavy atom. The fourth-order valence-corrected chi connectivity index (χ4v) is 2.36. The van der Waals surface area contributed by atoms with Crippen molar-refractivity contribution in [2.24, 2.45) is 0 Å². The molecular weight excluding hydrogens is 332 g/mol. The number of rotatable bonds is 8. The van der Waals surface area contributed by atoms with E-state index < -0.39 is 23.5 Å². The van der Waals surface area contributed by atoms with Crippen LogP contribution in [-0.4, -0.2) is 6.11 Å². The van der Waals surface area contributed by atoms with Crippen LogP contribution in [0.4, 0.5) is 17.6 Å². The highest BCUT2D eigenvalue weighted by Gasteiger charge is 2.27. The van der Waals surface area contributed by atoms with Gasteiger partial charge in [0.1, 0.15) is 5.75 Å². The third kappa shape index (κ3) is 6.25. The Kier molecular flexibility index (Phi) is 6.62. The summed E-state index contributed by atoms with van der Waals surface area (Å²) in [6.07, 6.45) is 1.51. The average Bonchev–Trinajstić information content (AvgIpc) is 2.56. The minimum Gasteiger partial charge on any atom is -0.429 e. The smallest absolute Gasteiger partial charge is 0.419 e. The summed E-state index contributed by atoms with van der Waals surface area (Å²) in [6, 6.07) is 10.4.